The Morgan fingerprint density at radius 1 is 1.37 bits per heavy atom. The molecule has 1 aromatic carbocycles. The molecule has 19 heavy (non-hydrogen) atoms. The smallest absolute Gasteiger partial charge is 0.203 e. The number of thiazole rings is 1. The second-order valence-electron chi connectivity index (χ2n) is 4.47. The number of nitrogens with zero attached hydrogens (tertiary/aromatic N) is 2. The highest BCUT2D eigenvalue weighted by molar-refractivity contribution is 7.13. The van der Waals surface area contributed by atoms with Gasteiger partial charge in [-0.1, -0.05) is 38.1 Å². The molecule has 2 rings (SSSR count). The first-order valence-electron chi connectivity index (χ1n) is 6.08. The third-order valence-corrected chi connectivity index (χ3v) is 3.74. The first-order chi connectivity index (χ1) is 9.19. The first kappa shape index (κ1) is 14.0. The Morgan fingerprint density at radius 2 is 2.11 bits per heavy atom. The lowest BCUT2D eigenvalue weighted by molar-refractivity contribution is 0.866. The summed E-state index contributed by atoms with van der Waals surface area (Å²) in [6, 6.07) is 8.38. The van der Waals surface area contributed by atoms with E-state index in [0.29, 0.717) is 11.8 Å². The molecule has 0 aliphatic rings. The summed E-state index contributed by atoms with van der Waals surface area (Å²) in [7, 11) is 0. The normalized spacial score (nSPS) is 11.4. The zero-order valence-electron chi connectivity index (χ0n) is 10.9. The van der Waals surface area contributed by atoms with E-state index in [0.717, 1.165) is 16.4 Å². The Balaban J connectivity index is 1.94. The number of halogens is 1. The Hall–Kier alpha value is -1.39. The minimum absolute atomic E-state index is 0.429. The number of aromatic nitrogens is 1. The van der Waals surface area contributed by atoms with Crippen LogP contribution in [0.5, 0.6) is 0 Å². The van der Waals surface area contributed by atoms with Gasteiger partial charge in [0.15, 0.2) is 0 Å². The van der Waals surface area contributed by atoms with Crippen LogP contribution in [0.1, 0.15) is 36.6 Å². The Labute approximate surface area is 122 Å². The van der Waals surface area contributed by atoms with E-state index in [4.69, 9.17) is 11.6 Å². The van der Waals surface area contributed by atoms with Gasteiger partial charge in [-0.25, -0.2) is 4.98 Å². The minimum Gasteiger partial charge on any atom is -0.253 e. The lowest BCUT2D eigenvalue weighted by Crippen LogP contribution is -1.92. The van der Waals surface area contributed by atoms with Crippen LogP contribution in [0.4, 0.5) is 5.13 Å². The third-order valence-electron chi connectivity index (χ3n) is 2.67. The van der Waals surface area contributed by atoms with Gasteiger partial charge in [0, 0.05) is 5.38 Å². The van der Waals surface area contributed by atoms with Gasteiger partial charge in [-0.05, 0) is 17.0 Å². The molecule has 0 fully saturated rings. The van der Waals surface area contributed by atoms with Gasteiger partial charge in [-0.15, -0.1) is 22.9 Å². The Kier molecular flexibility index (Phi) is 4.93. The van der Waals surface area contributed by atoms with E-state index in [2.05, 4.69) is 53.6 Å². The van der Waals surface area contributed by atoms with Crippen LogP contribution < -0.4 is 5.43 Å². The van der Waals surface area contributed by atoms with E-state index in [1.165, 1.54) is 16.9 Å². The van der Waals surface area contributed by atoms with Crippen molar-refractivity contribution in [1.29, 1.82) is 0 Å². The second kappa shape index (κ2) is 6.68. The highest BCUT2D eigenvalue weighted by Gasteiger charge is 1.99. The molecule has 0 spiro atoms. The number of alkyl halides is 1. The predicted molar refractivity (Wildman–Crippen MR) is 83.4 cm³/mol. The number of hydrazone groups is 1. The number of anilines is 1. The molecule has 0 aliphatic carbocycles. The number of rotatable bonds is 5. The van der Waals surface area contributed by atoms with Crippen LogP contribution in [0.2, 0.25) is 0 Å². The van der Waals surface area contributed by atoms with Gasteiger partial charge in [0.2, 0.25) is 5.13 Å². The summed E-state index contributed by atoms with van der Waals surface area (Å²) in [6.45, 7) is 4.36. The van der Waals surface area contributed by atoms with Gasteiger partial charge < -0.3 is 0 Å². The molecule has 0 bridgehead atoms. The highest BCUT2D eigenvalue weighted by atomic mass is 35.5. The van der Waals surface area contributed by atoms with Crippen molar-refractivity contribution in [2.24, 2.45) is 5.10 Å². The Bertz CT molecular complexity index is 546. The number of benzene rings is 1. The topological polar surface area (TPSA) is 37.3 Å². The zero-order chi connectivity index (χ0) is 13.7. The fourth-order valence-corrected chi connectivity index (χ4v) is 2.44. The van der Waals surface area contributed by atoms with Crippen LogP contribution in [-0.4, -0.2) is 11.2 Å². The Morgan fingerprint density at radius 3 is 2.68 bits per heavy atom. The molecule has 5 heteroatoms. The van der Waals surface area contributed by atoms with E-state index in [1.54, 1.807) is 6.21 Å². The van der Waals surface area contributed by atoms with Crippen LogP contribution in [0, 0.1) is 0 Å². The summed E-state index contributed by atoms with van der Waals surface area (Å²) in [5.74, 6) is 0.979. The quantitative estimate of drug-likeness (QED) is 0.502. The maximum Gasteiger partial charge on any atom is 0.203 e. The molecular weight excluding hydrogens is 278 g/mol. The van der Waals surface area contributed by atoms with Crippen LogP contribution >= 0.6 is 22.9 Å². The summed E-state index contributed by atoms with van der Waals surface area (Å²) < 4.78 is 0. The molecule has 0 aliphatic heterocycles. The number of nitrogens with one attached hydrogen (secondary N) is 1. The fourth-order valence-electron chi connectivity index (χ4n) is 1.55. The van der Waals surface area contributed by atoms with Crippen molar-refractivity contribution in [1.82, 2.24) is 4.98 Å². The molecule has 0 saturated heterocycles. The van der Waals surface area contributed by atoms with E-state index in [9.17, 15) is 0 Å². The molecule has 1 aromatic heterocycles. The average molecular weight is 294 g/mol. The summed E-state index contributed by atoms with van der Waals surface area (Å²) in [5.41, 5.74) is 6.16. The van der Waals surface area contributed by atoms with Gasteiger partial charge >= 0.3 is 0 Å². The van der Waals surface area contributed by atoms with Gasteiger partial charge in [0.25, 0.3) is 0 Å². The first-order valence-corrected chi connectivity index (χ1v) is 7.50. The highest BCUT2D eigenvalue weighted by Crippen LogP contribution is 2.17. The van der Waals surface area contributed by atoms with Crippen LogP contribution in [0.15, 0.2) is 34.7 Å². The van der Waals surface area contributed by atoms with Crippen molar-refractivity contribution in [3.05, 3.63) is 46.5 Å². The molecule has 0 amide bonds. The van der Waals surface area contributed by atoms with E-state index in [-0.39, 0.29) is 0 Å². The summed E-state index contributed by atoms with van der Waals surface area (Å²) >= 11 is 7.18. The molecular formula is C14H16ClN3S. The largest absolute Gasteiger partial charge is 0.253 e. The van der Waals surface area contributed by atoms with Gasteiger partial charge in [-0.3, -0.25) is 5.43 Å². The van der Waals surface area contributed by atoms with Gasteiger partial charge in [0.1, 0.15) is 0 Å². The average Bonchev–Trinajstić information content (AvgIpc) is 2.87. The van der Waals surface area contributed by atoms with Crippen molar-refractivity contribution < 1.29 is 0 Å². The van der Waals surface area contributed by atoms with Crippen molar-refractivity contribution in [3.8, 4) is 0 Å². The van der Waals surface area contributed by atoms with Crippen LogP contribution in [-0.2, 0) is 5.88 Å². The van der Waals surface area contributed by atoms with Crippen LogP contribution in [0.3, 0.4) is 0 Å². The summed E-state index contributed by atoms with van der Waals surface area (Å²) in [5, 5.41) is 6.84. The zero-order valence-corrected chi connectivity index (χ0v) is 12.5. The molecule has 1 heterocycles. The van der Waals surface area contributed by atoms with Crippen molar-refractivity contribution in [3.63, 3.8) is 0 Å². The number of hydrogen-bond donors (Lipinski definition) is 1. The third kappa shape index (κ3) is 4.04. The molecule has 2 aromatic rings. The van der Waals surface area contributed by atoms with Crippen LogP contribution in [0.25, 0.3) is 0 Å². The van der Waals surface area contributed by atoms with E-state index >= 15 is 0 Å². The van der Waals surface area contributed by atoms with Gasteiger partial charge in [0.05, 0.1) is 17.8 Å². The molecule has 100 valence electrons. The van der Waals surface area contributed by atoms with Crippen molar-refractivity contribution in [2.45, 2.75) is 25.6 Å². The molecule has 1 N–H and O–H groups in total. The lowest BCUT2D eigenvalue weighted by atomic mass is 10.0. The van der Waals surface area contributed by atoms with Gasteiger partial charge in [-0.2, -0.15) is 5.10 Å². The molecule has 0 saturated carbocycles. The standard InChI is InChI=1S/C14H16ClN3S/c1-10(2)12-5-3-11(4-6-12)8-16-18-14-17-13(7-15)9-19-14/h3-6,8-10H,7H2,1-2H3,(H,17,18). The van der Waals surface area contributed by atoms with Crippen molar-refractivity contribution >= 4 is 34.3 Å². The second-order valence-corrected chi connectivity index (χ2v) is 5.59. The van der Waals surface area contributed by atoms with Crippen molar-refractivity contribution in [2.75, 3.05) is 5.43 Å². The predicted octanol–water partition coefficient (Wildman–Crippen LogP) is 4.45. The monoisotopic (exact) mass is 293 g/mol. The molecule has 0 radical (unpaired) electrons. The lowest BCUT2D eigenvalue weighted by Gasteiger charge is -2.04. The summed E-state index contributed by atoms with van der Waals surface area (Å²) in [6.07, 6.45) is 1.78. The maximum atomic E-state index is 5.69. The fraction of sp³-hybridized carbons (Fsp3) is 0.286. The van der Waals surface area contributed by atoms with E-state index in [1.807, 2.05) is 5.38 Å². The molecule has 0 atom stereocenters. The van der Waals surface area contributed by atoms with E-state index < -0.39 is 0 Å². The minimum atomic E-state index is 0.429. The summed E-state index contributed by atoms with van der Waals surface area (Å²) in [4.78, 5) is 4.26. The SMILES string of the molecule is CC(C)c1ccc(C=NNc2nc(CCl)cs2)cc1. The molecule has 0 unspecified atom stereocenters. The maximum absolute atomic E-state index is 5.69. The molecule has 3 nitrogen and oxygen atoms in total. The number of hydrogen-bond acceptors (Lipinski definition) is 4.